The molecule has 0 bridgehead atoms. The van der Waals surface area contributed by atoms with Crippen molar-refractivity contribution in [2.24, 2.45) is 0 Å². The van der Waals surface area contributed by atoms with Crippen LogP contribution in [0.4, 0.5) is 0 Å². The lowest BCUT2D eigenvalue weighted by molar-refractivity contribution is 0.436. The van der Waals surface area contributed by atoms with E-state index in [4.69, 9.17) is 16.3 Å². The quantitative estimate of drug-likeness (QED) is 0.207. The smallest absolute Gasteiger partial charge is 0.144 e. The number of hydrogen-bond acceptors (Lipinski definition) is 2. The molecule has 1 aliphatic heterocycles. The Hall–Kier alpha value is -3.30. The summed E-state index contributed by atoms with van der Waals surface area (Å²) in [6, 6.07) is 19.2. The molecule has 0 saturated carbocycles. The molecule has 0 radical (unpaired) electrons. The molecular formula is C29H24B7ClO2. The van der Waals surface area contributed by atoms with E-state index in [1.807, 2.05) is 6.07 Å². The van der Waals surface area contributed by atoms with E-state index in [9.17, 15) is 5.11 Å². The number of phenols is 1. The third kappa shape index (κ3) is 2.97. The number of aromatic hydroxyl groups is 1. The Morgan fingerprint density at radius 1 is 0.615 bits per heavy atom. The van der Waals surface area contributed by atoms with Gasteiger partial charge in [0.25, 0.3) is 0 Å². The molecular weight excluding hydrogens is 491 g/mol. The summed E-state index contributed by atoms with van der Waals surface area (Å²) in [6.07, 6.45) is 0. The van der Waals surface area contributed by atoms with Gasteiger partial charge in [0.2, 0.25) is 0 Å². The summed E-state index contributed by atoms with van der Waals surface area (Å²) in [7, 11) is 15.0. The number of fused-ring (bicyclic) bond motifs is 11. The Balaban J connectivity index is 1.83. The summed E-state index contributed by atoms with van der Waals surface area (Å²) in [4.78, 5) is 0. The van der Waals surface area contributed by atoms with E-state index >= 15 is 0 Å². The maximum atomic E-state index is 12.0. The van der Waals surface area contributed by atoms with Gasteiger partial charge in [-0.25, -0.2) is 0 Å². The molecule has 2 aliphatic rings. The van der Waals surface area contributed by atoms with Gasteiger partial charge in [-0.1, -0.05) is 63.8 Å². The molecule has 0 aromatic heterocycles. The van der Waals surface area contributed by atoms with Crippen LogP contribution < -0.4 is 43.0 Å². The topological polar surface area (TPSA) is 29.5 Å². The average molecular weight is 516 g/mol. The zero-order valence-corrected chi connectivity index (χ0v) is 24.2. The van der Waals surface area contributed by atoms with Crippen LogP contribution >= 0.6 is 11.6 Å². The number of ether oxygens (including phenoxy) is 1. The Morgan fingerprint density at radius 3 is 1.77 bits per heavy atom. The standard InChI is InChI=1S/C29H24B7ClO2/c30-10-1-5-17-15(7-10)29(16-8-11(31)2-6-18(16)39-17)14-4-3-12(37)9-13(14)19-20-21(28(38)25(34)22(19)29)24(33)27(36)26(35)23(20)32/h1-9,38H,30-36H2. The van der Waals surface area contributed by atoms with Crippen LogP contribution in [0.25, 0.3) is 21.9 Å². The van der Waals surface area contributed by atoms with Crippen LogP contribution in [0.2, 0.25) is 5.02 Å². The Kier molecular flexibility index (Phi) is 5.14. The zero-order valence-electron chi connectivity index (χ0n) is 23.4. The highest BCUT2D eigenvalue weighted by Gasteiger charge is 2.53. The first-order valence-corrected chi connectivity index (χ1v) is 13.9. The first-order valence-electron chi connectivity index (χ1n) is 13.5. The number of phenolic OH excluding ortho intramolecular Hbond substituents is 1. The van der Waals surface area contributed by atoms with Crippen LogP contribution in [0.3, 0.4) is 0 Å². The third-order valence-corrected chi connectivity index (χ3v) is 9.72. The van der Waals surface area contributed by atoms with Crippen LogP contribution in [-0.2, 0) is 5.41 Å². The highest BCUT2D eigenvalue weighted by Crippen LogP contribution is 2.62. The molecule has 2 nitrogen and oxygen atoms in total. The maximum absolute atomic E-state index is 12.0. The predicted octanol–water partition coefficient (Wildman–Crippen LogP) is -4.52. The van der Waals surface area contributed by atoms with Crippen LogP contribution in [-0.4, -0.2) is 60.0 Å². The molecule has 0 amide bonds. The Morgan fingerprint density at radius 2 is 1.18 bits per heavy atom. The normalized spacial score (nSPS) is 14.0. The molecule has 0 saturated heterocycles. The van der Waals surface area contributed by atoms with Crippen molar-refractivity contribution in [3.8, 4) is 28.4 Å². The largest absolute Gasteiger partial charge is 0.508 e. The molecule has 5 aromatic rings. The van der Waals surface area contributed by atoms with Crippen molar-refractivity contribution in [3.05, 3.63) is 81.9 Å². The molecule has 1 heterocycles. The van der Waals surface area contributed by atoms with Gasteiger partial charge >= 0.3 is 0 Å². The van der Waals surface area contributed by atoms with Gasteiger partial charge in [0.05, 0.1) is 5.41 Å². The zero-order chi connectivity index (χ0) is 27.5. The minimum Gasteiger partial charge on any atom is -0.508 e. The van der Waals surface area contributed by atoms with Crippen molar-refractivity contribution in [2.45, 2.75) is 5.41 Å². The van der Waals surface area contributed by atoms with Crippen molar-refractivity contribution in [3.63, 3.8) is 0 Å². The van der Waals surface area contributed by atoms with Crippen LogP contribution in [0.1, 0.15) is 22.3 Å². The summed E-state index contributed by atoms with van der Waals surface area (Å²) < 4.78 is 6.57. The Labute approximate surface area is 240 Å². The summed E-state index contributed by atoms with van der Waals surface area (Å²) in [5.41, 5.74) is 14.2. The van der Waals surface area contributed by atoms with Gasteiger partial charge in [0.1, 0.15) is 72.2 Å². The summed E-state index contributed by atoms with van der Waals surface area (Å²) in [5.74, 6) is 2.05. The van der Waals surface area contributed by atoms with E-state index in [0.29, 0.717) is 10.8 Å². The predicted molar refractivity (Wildman–Crippen MR) is 185 cm³/mol. The molecule has 1 aliphatic carbocycles. The van der Waals surface area contributed by atoms with Crippen molar-refractivity contribution < 1.29 is 9.84 Å². The van der Waals surface area contributed by atoms with Gasteiger partial charge in [0.15, 0.2) is 0 Å². The monoisotopic (exact) mass is 516 g/mol. The van der Waals surface area contributed by atoms with Crippen molar-refractivity contribution in [1.82, 2.24) is 0 Å². The fourth-order valence-electron chi connectivity index (χ4n) is 7.34. The van der Waals surface area contributed by atoms with Gasteiger partial charge in [-0.15, -0.1) is 10.9 Å². The van der Waals surface area contributed by atoms with Crippen LogP contribution in [0.15, 0.2) is 54.6 Å². The third-order valence-electron chi connectivity index (χ3n) is 9.48. The molecule has 5 aromatic carbocycles. The number of hydrogen-bond donors (Lipinski definition) is 1. The van der Waals surface area contributed by atoms with E-state index in [-0.39, 0.29) is 0 Å². The molecule has 0 unspecified atom stereocenters. The van der Waals surface area contributed by atoms with E-state index in [2.05, 4.69) is 103 Å². The van der Waals surface area contributed by atoms with E-state index in [1.165, 1.54) is 27.5 Å². The molecule has 1 N–H and O–H groups in total. The molecule has 39 heavy (non-hydrogen) atoms. The van der Waals surface area contributed by atoms with Gasteiger partial charge < -0.3 is 9.84 Å². The summed E-state index contributed by atoms with van der Waals surface area (Å²) in [6.45, 7) is 0. The van der Waals surface area contributed by atoms with E-state index in [1.54, 1.807) is 0 Å². The van der Waals surface area contributed by atoms with Gasteiger partial charge in [0, 0.05) is 21.5 Å². The number of halogens is 1. The second-order valence-corrected chi connectivity index (χ2v) is 12.0. The average Bonchev–Trinajstić information content (AvgIpc) is 3.20. The summed E-state index contributed by atoms with van der Waals surface area (Å²) in [5, 5.41) is 14.8. The summed E-state index contributed by atoms with van der Waals surface area (Å²) >= 11 is 6.74. The highest BCUT2D eigenvalue weighted by atomic mass is 35.5. The van der Waals surface area contributed by atoms with Crippen LogP contribution in [0, 0.1) is 0 Å². The number of rotatable bonds is 0. The minimum atomic E-state index is -0.662. The van der Waals surface area contributed by atoms with Gasteiger partial charge in [-0.2, -0.15) is 0 Å². The van der Waals surface area contributed by atoms with Crippen molar-refractivity contribution in [1.29, 1.82) is 0 Å². The van der Waals surface area contributed by atoms with E-state index < -0.39 is 5.41 Å². The Bertz CT molecular complexity index is 1900. The lowest BCUT2D eigenvalue weighted by Crippen LogP contribution is -2.48. The maximum Gasteiger partial charge on any atom is 0.144 e. The van der Waals surface area contributed by atoms with Crippen molar-refractivity contribution >= 4 is 116 Å². The van der Waals surface area contributed by atoms with Crippen LogP contribution in [0.5, 0.6) is 17.2 Å². The fourth-order valence-corrected chi connectivity index (χ4v) is 7.51. The molecule has 180 valence electrons. The minimum absolute atomic E-state index is 0.362. The molecule has 10 heteroatoms. The number of benzene rings is 5. The van der Waals surface area contributed by atoms with Gasteiger partial charge in [-0.3, -0.25) is 0 Å². The first kappa shape index (κ1) is 24.7. The fraction of sp³-hybridized carbons (Fsp3) is 0.0345. The lowest BCUT2D eigenvalue weighted by atomic mass is 9.60. The second kappa shape index (κ2) is 8.11. The lowest BCUT2D eigenvalue weighted by Gasteiger charge is -2.41. The molecule has 0 fully saturated rings. The van der Waals surface area contributed by atoms with E-state index in [0.717, 1.165) is 66.4 Å². The van der Waals surface area contributed by atoms with Crippen molar-refractivity contribution in [2.75, 3.05) is 0 Å². The second-order valence-electron chi connectivity index (χ2n) is 11.5. The SMILES string of the molecule is Bc1ccc2c(c1)C1(c3cc(B)ccc3O2)c2ccc(Cl)cc2-c2c1c(B)c(O)c1c(B)c(B)c(B)c(B)c21. The molecule has 7 rings (SSSR count). The van der Waals surface area contributed by atoms with Gasteiger partial charge in [-0.05, 0) is 57.4 Å². The molecule has 1 spiro atoms. The molecule has 0 atom stereocenters. The first-order chi connectivity index (χ1) is 18.6. The highest BCUT2D eigenvalue weighted by molar-refractivity contribution is 6.67.